The summed E-state index contributed by atoms with van der Waals surface area (Å²) in [5.74, 6) is -0.250. The highest BCUT2D eigenvalue weighted by Gasteiger charge is 2.34. The number of rotatable bonds is 6. The Morgan fingerprint density at radius 1 is 1.38 bits per heavy atom. The molecular weight excluding hydrogens is 312 g/mol. The van der Waals surface area contributed by atoms with Gasteiger partial charge in [-0.1, -0.05) is 18.5 Å². The van der Waals surface area contributed by atoms with Gasteiger partial charge in [0.1, 0.15) is 6.04 Å². The number of sulfonamides is 1. The molecule has 0 heterocycles. The van der Waals surface area contributed by atoms with Gasteiger partial charge in [-0.25, -0.2) is 8.42 Å². The maximum atomic E-state index is 12.3. The van der Waals surface area contributed by atoms with Gasteiger partial charge in [-0.3, -0.25) is 9.10 Å². The van der Waals surface area contributed by atoms with Gasteiger partial charge in [0.15, 0.2) is 0 Å². The lowest BCUT2D eigenvalue weighted by atomic mass is 10.2. The van der Waals surface area contributed by atoms with E-state index in [1.165, 1.54) is 4.31 Å². The van der Waals surface area contributed by atoms with Crippen LogP contribution in [-0.2, 0) is 14.8 Å². The molecule has 0 spiro atoms. The third-order valence-electron chi connectivity index (χ3n) is 3.33. The fourth-order valence-corrected chi connectivity index (χ4v) is 3.51. The van der Waals surface area contributed by atoms with Crippen LogP contribution in [0.15, 0.2) is 24.3 Å². The zero-order valence-corrected chi connectivity index (χ0v) is 13.6. The summed E-state index contributed by atoms with van der Waals surface area (Å²) in [7, 11) is -3.57. The monoisotopic (exact) mass is 330 g/mol. The molecule has 5 nitrogen and oxygen atoms in total. The molecule has 2 rings (SSSR count). The van der Waals surface area contributed by atoms with Crippen LogP contribution >= 0.6 is 11.6 Å². The molecule has 1 aliphatic rings. The molecule has 21 heavy (non-hydrogen) atoms. The number of halogens is 1. The van der Waals surface area contributed by atoms with E-state index in [1.54, 1.807) is 31.2 Å². The van der Waals surface area contributed by atoms with Crippen LogP contribution in [0.3, 0.4) is 0 Å². The van der Waals surface area contributed by atoms with E-state index in [1.807, 2.05) is 0 Å². The molecule has 0 aromatic heterocycles. The molecule has 1 N–H and O–H groups in total. The molecule has 0 radical (unpaired) electrons. The van der Waals surface area contributed by atoms with Crippen molar-refractivity contribution in [1.29, 1.82) is 0 Å². The highest BCUT2D eigenvalue weighted by molar-refractivity contribution is 7.92. The Labute approximate surface area is 130 Å². The predicted molar refractivity (Wildman–Crippen MR) is 84.0 cm³/mol. The number of benzene rings is 1. The molecule has 116 valence electrons. The Morgan fingerprint density at radius 2 is 1.95 bits per heavy atom. The maximum Gasteiger partial charge on any atom is 0.244 e. The van der Waals surface area contributed by atoms with Crippen molar-refractivity contribution < 1.29 is 13.2 Å². The van der Waals surface area contributed by atoms with Crippen LogP contribution in [-0.4, -0.2) is 32.7 Å². The van der Waals surface area contributed by atoms with Gasteiger partial charge in [-0.05, 0) is 43.5 Å². The van der Waals surface area contributed by atoms with Crippen LogP contribution in [0.5, 0.6) is 0 Å². The summed E-state index contributed by atoms with van der Waals surface area (Å²) >= 11 is 5.84. The summed E-state index contributed by atoms with van der Waals surface area (Å²) in [4.78, 5) is 12.3. The normalized spacial score (nSPS) is 16.3. The summed E-state index contributed by atoms with van der Waals surface area (Å²) in [6.45, 7) is 1.80. The first-order valence-corrected chi connectivity index (χ1v) is 9.11. The van der Waals surface area contributed by atoms with Gasteiger partial charge in [0, 0.05) is 11.1 Å². The second-order valence-electron chi connectivity index (χ2n) is 5.24. The van der Waals surface area contributed by atoms with Crippen molar-refractivity contribution >= 4 is 33.2 Å². The van der Waals surface area contributed by atoms with Crippen LogP contribution in [0, 0.1) is 0 Å². The molecular formula is C14H19ClN2O3S. The molecule has 1 aliphatic carbocycles. The van der Waals surface area contributed by atoms with Crippen molar-refractivity contribution in [2.45, 2.75) is 38.3 Å². The summed E-state index contributed by atoms with van der Waals surface area (Å²) in [5.41, 5.74) is 0.444. The van der Waals surface area contributed by atoms with Gasteiger partial charge in [0.2, 0.25) is 15.9 Å². The molecule has 0 unspecified atom stereocenters. The quantitative estimate of drug-likeness (QED) is 0.869. The fraction of sp³-hybridized carbons (Fsp3) is 0.500. The number of anilines is 1. The molecule has 0 bridgehead atoms. The number of amides is 1. The Hall–Kier alpha value is -1.27. The van der Waals surface area contributed by atoms with E-state index in [2.05, 4.69) is 5.32 Å². The average Bonchev–Trinajstić information content (AvgIpc) is 3.19. The number of carbonyl (C=O) groups excluding carboxylic acids is 1. The number of carbonyl (C=O) groups is 1. The third-order valence-corrected chi connectivity index (χ3v) is 4.77. The summed E-state index contributed by atoms with van der Waals surface area (Å²) in [6, 6.07) is 5.88. The molecule has 0 aliphatic heterocycles. The van der Waals surface area contributed by atoms with Crippen LogP contribution in [0.25, 0.3) is 0 Å². The van der Waals surface area contributed by atoms with Crippen LogP contribution < -0.4 is 9.62 Å². The lowest BCUT2D eigenvalue weighted by Gasteiger charge is -2.30. The number of nitrogens with zero attached hydrogens (tertiary/aromatic N) is 1. The second-order valence-corrected chi connectivity index (χ2v) is 7.54. The van der Waals surface area contributed by atoms with Crippen molar-refractivity contribution in [2.24, 2.45) is 0 Å². The van der Waals surface area contributed by atoms with Crippen LogP contribution in [0.4, 0.5) is 5.69 Å². The molecule has 1 aromatic rings. The summed E-state index contributed by atoms with van der Waals surface area (Å²) in [5, 5.41) is 3.38. The topological polar surface area (TPSA) is 66.5 Å². The first-order chi connectivity index (χ1) is 9.82. The van der Waals surface area contributed by atoms with Gasteiger partial charge in [0.25, 0.3) is 0 Å². The Morgan fingerprint density at radius 3 is 2.38 bits per heavy atom. The smallest absolute Gasteiger partial charge is 0.244 e. The van der Waals surface area contributed by atoms with E-state index >= 15 is 0 Å². The van der Waals surface area contributed by atoms with Crippen molar-refractivity contribution in [3.8, 4) is 0 Å². The molecule has 1 atom stereocenters. The van der Waals surface area contributed by atoms with E-state index in [0.29, 0.717) is 17.1 Å². The summed E-state index contributed by atoms with van der Waals surface area (Å²) < 4.78 is 25.4. The SMILES string of the molecule is CC[C@H](C(=O)NC1CC1)N(c1ccc(Cl)cc1)S(C)(=O)=O. The first kappa shape index (κ1) is 16.1. The van der Waals surface area contributed by atoms with E-state index in [9.17, 15) is 13.2 Å². The average molecular weight is 331 g/mol. The molecule has 1 fully saturated rings. The van der Waals surface area contributed by atoms with Gasteiger partial charge < -0.3 is 5.32 Å². The number of hydrogen-bond donors (Lipinski definition) is 1. The largest absolute Gasteiger partial charge is 0.352 e. The third kappa shape index (κ3) is 4.11. The lowest BCUT2D eigenvalue weighted by molar-refractivity contribution is -0.122. The maximum absolute atomic E-state index is 12.3. The van der Waals surface area contributed by atoms with E-state index < -0.39 is 16.1 Å². The number of hydrogen-bond acceptors (Lipinski definition) is 3. The van der Waals surface area contributed by atoms with Crippen molar-refractivity contribution in [2.75, 3.05) is 10.6 Å². The Bertz CT molecular complexity index is 612. The Balaban J connectivity index is 2.33. The summed E-state index contributed by atoms with van der Waals surface area (Å²) in [6.07, 6.45) is 3.42. The van der Waals surface area contributed by atoms with Gasteiger partial charge >= 0.3 is 0 Å². The van der Waals surface area contributed by atoms with Crippen molar-refractivity contribution in [3.63, 3.8) is 0 Å². The fourth-order valence-electron chi connectivity index (χ4n) is 2.17. The lowest BCUT2D eigenvalue weighted by Crippen LogP contribution is -2.49. The van der Waals surface area contributed by atoms with Crippen LogP contribution in [0.2, 0.25) is 5.02 Å². The van der Waals surface area contributed by atoms with Crippen molar-refractivity contribution in [1.82, 2.24) is 5.32 Å². The van der Waals surface area contributed by atoms with Gasteiger partial charge in [-0.15, -0.1) is 0 Å². The number of nitrogens with one attached hydrogen (secondary N) is 1. The predicted octanol–water partition coefficient (Wildman–Crippen LogP) is 2.16. The minimum absolute atomic E-state index is 0.193. The second kappa shape index (κ2) is 6.23. The molecule has 1 saturated carbocycles. The van der Waals surface area contributed by atoms with E-state index in [0.717, 1.165) is 19.1 Å². The van der Waals surface area contributed by atoms with Gasteiger partial charge in [-0.2, -0.15) is 0 Å². The van der Waals surface area contributed by atoms with Gasteiger partial charge in [0.05, 0.1) is 11.9 Å². The molecule has 1 amide bonds. The molecule has 0 saturated heterocycles. The highest BCUT2D eigenvalue weighted by Crippen LogP contribution is 2.25. The van der Waals surface area contributed by atoms with E-state index in [-0.39, 0.29) is 11.9 Å². The van der Waals surface area contributed by atoms with Crippen LogP contribution in [0.1, 0.15) is 26.2 Å². The van der Waals surface area contributed by atoms with E-state index in [4.69, 9.17) is 11.6 Å². The standard InChI is InChI=1S/C14H19ClN2O3S/c1-3-13(14(18)16-11-6-7-11)17(21(2,19)20)12-8-4-10(15)5-9-12/h4-5,8-9,11,13H,3,6-7H2,1-2H3,(H,16,18)/t13-/m1/s1. The first-order valence-electron chi connectivity index (χ1n) is 6.88. The highest BCUT2D eigenvalue weighted by atomic mass is 35.5. The zero-order valence-electron chi connectivity index (χ0n) is 12.0. The zero-order chi connectivity index (χ0) is 15.6. The minimum Gasteiger partial charge on any atom is -0.352 e. The minimum atomic E-state index is -3.57. The Kier molecular flexibility index (Phi) is 4.78. The van der Waals surface area contributed by atoms with Crippen molar-refractivity contribution in [3.05, 3.63) is 29.3 Å². The molecule has 1 aromatic carbocycles. The molecule has 7 heteroatoms.